The molecule has 0 aliphatic heterocycles. The molecule has 3 heteroatoms. The van der Waals surface area contributed by atoms with Gasteiger partial charge in [-0.1, -0.05) is 78.3 Å². The van der Waals surface area contributed by atoms with E-state index >= 15 is 0 Å². The van der Waals surface area contributed by atoms with Crippen molar-refractivity contribution in [1.82, 2.24) is 0 Å². The minimum Gasteiger partial charge on any atom is -0.0622 e. The van der Waals surface area contributed by atoms with Gasteiger partial charge in [-0.05, 0) is 30.3 Å². The summed E-state index contributed by atoms with van der Waals surface area (Å²) in [4.78, 5) is 0. The van der Waals surface area contributed by atoms with Gasteiger partial charge in [0.2, 0.25) is 0 Å². The summed E-state index contributed by atoms with van der Waals surface area (Å²) in [6.45, 7) is 4.61. The Bertz CT molecular complexity index is 485. The van der Waals surface area contributed by atoms with Crippen LogP contribution in [0.1, 0.15) is 13.8 Å². The highest BCUT2D eigenvalue weighted by Gasteiger charge is 2.19. The molecule has 0 fully saturated rings. The summed E-state index contributed by atoms with van der Waals surface area (Å²) in [7, 11) is -0.278. The first kappa shape index (κ1) is 15.5. The van der Waals surface area contributed by atoms with Crippen LogP contribution in [0.5, 0.6) is 0 Å². The van der Waals surface area contributed by atoms with Crippen molar-refractivity contribution in [3.8, 4) is 0 Å². The Labute approximate surface area is 121 Å². The third-order valence-corrected chi connectivity index (χ3v) is 6.46. The van der Waals surface area contributed by atoms with Gasteiger partial charge >= 0.3 is 0 Å². The van der Waals surface area contributed by atoms with Crippen molar-refractivity contribution in [3.63, 3.8) is 0 Å². The molecule has 1 atom stereocenters. The largest absolute Gasteiger partial charge is 0.0622 e. The molecule has 0 heterocycles. The summed E-state index contributed by atoms with van der Waals surface area (Å²) < 4.78 is 1.23. The van der Waals surface area contributed by atoms with E-state index in [2.05, 4.69) is 84.4 Å². The van der Waals surface area contributed by atoms with E-state index in [1.54, 1.807) is 0 Å². The maximum absolute atomic E-state index is 3.68. The summed E-state index contributed by atoms with van der Waals surface area (Å²) in [5.41, 5.74) is 0.645. The van der Waals surface area contributed by atoms with Crippen LogP contribution in [0.4, 0.5) is 0 Å². The first-order chi connectivity index (χ1) is 8.20. The minimum atomic E-state index is -0.278. The first-order valence-electron chi connectivity index (χ1n) is 5.79. The number of benzene rings is 2. The van der Waals surface area contributed by atoms with Crippen molar-refractivity contribution in [3.05, 3.63) is 59.1 Å². The van der Waals surface area contributed by atoms with Gasteiger partial charge in [-0.15, -0.1) is 0 Å². The van der Waals surface area contributed by atoms with E-state index < -0.39 is 0 Å². The number of halogens is 1. The standard InChI is InChI=1S/C15H16BrP.B/c1-12(2)17(13-8-4-3-5-9-13)15-11-7-6-10-14(15)16;/h3-12H,1-2H3;/t17-;/m1./s1. The van der Waals surface area contributed by atoms with Crippen molar-refractivity contribution < 1.29 is 0 Å². The molecule has 0 aromatic heterocycles. The molecule has 3 radical (unpaired) electrons. The average molecular weight is 318 g/mol. The SMILES string of the molecule is CC(C)[P@](c1ccccc1)c1ccccc1Br.[B]. The van der Waals surface area contributed by atoms with E-state index in [-0.39, 0.29) is 16.3 Å². The fourth-order valence-electron chi connectivity index (χ4n) is 1.95. The molecule has 2 aromatic rings. The van der Waals surface area contributed by atoms with Gasteiger partial charge in [0.1, 0.15) is 0 Å². The van der Waals surface area contributed by atoms with Gasteiger partial charge in [0, 0.05) is 12.9 Å². The zero-order chi connectivity index (χ0) is 12.3. The number of hydrogen-bond acceptors (Lipinski definition) is 0. The highest BCUT2D eigenvalue weighted by atomic mass is 79.9. The van der Waals surface area contributed by atoms with E-state index in [0.29, 0.717) is 5.66 Å². The predicted molar refractivity (Wildman–Crippen MR) is 87.7 cm³/mol. The van der Waals surface area contributed by atoms with Crippen LogP contribution < -0.4 is 10.6 Å². The lowest BCUT2D eigenvalue weighted by atomic mass is 10.4. The van der Waals surface area contributed by atoms with Crippen LogP contribution in [0.15, 0.2) is 59.1 Å². The summed E-state index contributed by atoms with van der Waals surface area (Å²) >= 11 is 3.68. The van der Waals surface area contributed by atoms with Gasteiger partial charge in [-0.2, -0.15) is 0 Å². The maximum atomic E-state index is 3.68. The fraction of sp³-hybridized carbons (Fsp3) is 0.200. The smallest absolute Gasteiger partial charge is 0.0255 e. The van der Waals surface area contributed by atoms with Crippen molar-refractivity contribution in [2.75, 3.05) is 0 Å². The van der Waals surface area contributed by atoms with Gasteiger partial charge in [0.25, 0.3) is 0 Å². The molecule has 0 N–H and O–H groups in total. The fourth-order valence-corrected chi connectivity index (χ4v) is 5.28. The molecular weight excluding hydrogens is 302 g/mol. The average Bonchev–Trinajstić information content (AvgIpc) is 2.33. The molecule has 0 spiro atoms. The van der Waals surface area contributed by atoms with Crippen LogP contribution in [-0.4, -0.2) is 14.1 Å². The van der Waals surface area contributed by atoms with E-state index in [9.17, 15) is 0 Å². The van der Waals surface area contributed by atoms with Crippen molar-refractivity contribution in [2.45, 2.75) is 19.5 Å². The predicted octanol–water partition coefficient (Wildman–Crippen LogP) is 3.91. The topological polar surface area (TPSA) is 0 Å². The summed E-state index contributed by atoms with van der Waals surface area (Å²) in [5.74, 6) is 0. The molecule has 0 unspecified atom stereocenters. The minimum absolute atomic E-state index is 0. The summed E-state index contributed by atoms with van der Waals surface area (Å²) in [5, 5.41) is 2.88. The first-order valence-corrected chi connectivity index (χ1v) is 7.99. The third-order valence-electron chi connectivity index (χ3n) is 2.66. The third kappa shape index (κ3) is 3.46. The highest BCUT2D eigenvalue weighted by molar-refractivity contribution is 9.10. The lowest BCUT2D eigenvalue weighted by molar-refractivity contribution is 1.10. The Kier molecular flexibility index (Phi) is 6.12. The molecule has 0 saturated heterocycles. The van der Waals surface area contributed by atoms with Gasteiger partial charge in [-0.3, -0.25) is 0 Å². The van der Waals surface area contributed by atoms with Crippen LogP contribution in [0.2, 0.25) is 0 Å². The van der Waals surface area contributed by atoms with Gasteiger partial charge in [-0.25, -0.2) is 0 Å². The van der Waals surface area contributed by atoms with E-state index in [1.807, 2.05) is 0 Å². The molecule has 2 aromatic carbocycles. The summed E-state index contributed by atoms with van der Waals surface area (Å²) in [6.07, 6.45) is 0. The second kappa shape index (κ2) is 7.11. The van der Waals surface area contributed by atoms with Crippen LogP contribution in [0.3, 0.4) is 0 Å². The van der Waals surface area contributed by atoms with E-state index in [4.69, 9.17) is 0 Å². The van der Waals surface area contributed by atoms with Crippen LogP contribution in [0, 0.1) is 0 Å². The van der Waals surface area contributed by atoms with Gasteiger partial charge < -0.3 is 0 Å². The quantitative estimate of drug-likeness (QED) is 0.595. The summed E-state index contributed by atoms with van der Waals surface area (Å²) in [6, 6.07) is 19.4. The lowest BCUT2D eigenvalue weighted by Crippen LogP contribution is -2.18. The van der Waals surface area contributed by atoms with E-state index in [1.165, 1.54) is 15.1 Å². The molecule has 0 aliphatic carbocycles. The van der Waals surface area contributed by atoms with E-state index in [0.717, 1.165) is 0 Å². The molecule has 0 amide bonds. The number of rotatable bonds is 3. The Morgan fingerprint density at radius 3 is 2.00 bits per heavy atom. The molecule has 0 nitrogen and oxygen atoms in total. The zero-order valence-corrected chi connectivity index (χ0v) is 13.2. The molecule has 0 aliphatic rings. The zero-order valence-electron chi connectivity index (χ0n) is 10.7. The maximum Gasteiger partial charge on any atom is 0.0255 e. The van der Waals surface area contributed by atoms with Crippen LogP contribution >= 0.6 is 23.9 Å². The van der Waals surface area contributed by atoms with Gasteiger partial charge in [0.15, 0.2) is 0 Å². The van der Waals surface area contributed by atoms with Crippen molar-refractivity contribution >= 4 is 42.9 Å². The second-order valence-electron chi connectivity index (χ2n) is 4.25. The molecule has 91 valence electrons. The second-order valence-corrected chi connectivity index (χ2v) is 7.88. The lowest BCUT2D eigenvalue weighted by Gasteiger charge is -2.23. The highest BCUT2D eigenvalue weighted by Crippen LogP contribution is 2.40. The Balaban J connectivity index is 0.00000162. The van der Waals surface area contributed by atoms with Crippen molar-refractivity contribution in [2.24, 2.45) is 0 Å². The Hall–Kier alpha value is -0.585. The molecule has 0 saturated carbocycles. The Morgan fingerprint density at radius 1 is 0.889 bits per heavy atom. The normalized spacial score (nSPS) is 12.0. The van der Waals surface area contributed by atoms with Crippen LogP contribution in [-0.2, 0) is 0 Å². The van der Waals surface area contributed by atoms with Gasteiger partial charge in [0.05, 0.1) is 0 Å². The monoisotopic (exact) mass is 317 g/mol. The Morgan fingerprint density at radius 2 is 1.44 bits per heavy atom. The molecule has 18 heavy (non-hydrogen) atoms. The molecular formula is C15H16BBrP. The molecule has 0 bridgehead atoms. The number of hydrogen-bond donors (Lipinski definition) is 0. The molecule has 2 rings (SSSR count). The van der Waals surface area contributed by atoms with Crippen molar-refractivity contribution in [1.29, 1.82) is 0 Å². The van der Waals surface area contributed by atoms with Crippen LogP contribution in [0.25, 0.3) is 0 Å².